The summed E-state index contributed by atoms with van der Waals surface area (Å²) in [5, 5.41) is 0. The summed E-state index contributed by atoms with van der Waals surface area (Å²) in [6.07, 6.45) is -0.407. The van der Waals surface area contributed by atoms with Crippen LogP contribution in [0.5, 0.6) is 11.5 Å². The minimum Gasteiger partial charge on any atom is -0.486 e. The Morgan fingerprint density at radius 1 is 1.12 bits per heavy atom. The van der Waals surface area contributed by atoms with Crippen LogP contribution in [0.4, 0.5) is 4.39 Å². The van der Waals surface area contributed by atoms with Gasteiger partial charge in [0.25, 0.3) is 0 Å². The van der Waals surface area contributed by atoms with Gasteiger partial charge >= 0.3 is 0 Å². The Kier molecular flexibility index (Phi) is 4.73. The van der Waals surface area contributed by atoms with Gasteiger partial charge in [0.2, 0.25) is 10.0 Å². The maximum absolute atomic E-state index is 13.0. The van der Waals surface area contributed by atoms with Crippen LogP contribution in [0.25, 0.3) is 0 Å². The summed E-state index contributed by atoms with van der Waals surface area (Å²) in [6, 6.07) is 12.1. The van der Waals surface area contributed by atoms with Crippen molar-refractivity contribution in [2.45, 2.75) is 17.9 Å². The molecule has 2 aromatic rings. The third kappa shape index (κ3) is 3.37. The normalized spacial score (nSPS) is 17.0. The lowest BCUT2D eigenvalue weighted by molar-refractivity contribution is 0.0771. The molecule has 1 unspecified atom stereocenters. The van der Waals surface area contributed by atoms with E-state index in [1.165, 1.54) is 16.4 Å². The summed E-state index contributed by atoms with van der Waals surface area (Å²) in [7, 11) is -3.71. The Morgan fingerprint density at radius 2 is 1.79 bits per heavy atom. The van der Waals surface area contributed by atoms with Crippen LogP contribution in [-0.2, 0) is 10.0 Å². The second kappa shape index (κ2) is 6.78. The first-order valence-electron chi connectivity index (χ1n) is 7.65. The molecule has 0 radical (unpaired) electrons. The highest BCUT2D eigenvalue weighted by molar-refractivity contribution is 7.89. The lowest BCUT2D eigenvalue weighted by Gasteiger charge is -2.30. The zero-order valence-corrected chi connectivity index (χ0v) is 14.0. The van der Waals surface area contributed by atoms with Gasteiger partial charge in [0.15, 0.2) is 11.5 Å². The summed E-state index contributed by atoms with van der Waals surface area (Å²) in [6.45, 7) is 2.46. The third-order valence-corrected chi connectivity index (χ3v) is 5.73. The maximum atomic E-state index is 13.0. The summed E-state index contributed by atoms with van der Waals surface area (Å²) in [5.41, 5.74) is 0. The zero-order valence-electron chi connectivity index (χ0n) is 13.2. The van der Waals surface area contributed by atoms with Crippen molar-refractivity contribution in [1.82, 2.24) is 4.31 Å². The van der Waals surface area contributed by atoms with Crippen LogP contribution >= 0.6 is 0 Å². The highest BCUT2D eigenvalue weighted by Crippen LogP contribution is 2.31. The largest absolute Gasteiger partial charge is 0.486 e. The van der Waals surface area contributed by atoms with E-state index < -0.39 is 21.9 Å². The average Bonchev–Trinajstić information content (AvgIpc) is 2.59. The predicted octanol–water partition coefficient (Wildman–Crippen LogP) is 2.68. The van der Waals surface area contributed by atoms with Gasteiger partial charge in [-0.2, -0.15) is 4.31 Å². The van der Waals surface area contributed by atoms with Crippen molar-refractivity contribution in [1.29, 1.82) is 0 Å². The Hall–Kier alpha value is -2.12. The molecule has 128 valence electrons. The van der Waals surface area contributed by atoms with Crippen molar-refractivity contribution in [3.8, 4) is 11.5 Å². The Labute approximate surface area is 140 Å². The third-order valence-electron chi connectivity index (χ3n) is 3.78. The van der Waals surface area contributed by atoms with Crippen LogP contribution in [0.1, 0.15) is 6.92 Å². The van der Waals surface area contributed by atoms with Crippen LogP contribution in [-0.4, -0.2) is 38.5 Å². The predicted molar refractivity (Wildman–Crippen MR) is 87.2 cm³/mol. The van der Waals surface area contributed by atoms with E-state index in [2.05, 4.69) is 0 Å². The standard InChI is InChI=1S/C17H18FNO4S/c1-2-19(24(20,21)15-9-7-13(18)8-10-15)11-14-12-22-16-5-3-4-6-17(16)23-14/h3-10,14H,2,11-12H2,1H3. The van der Waals surface area contributed by atoms with Crippen molar-refractivity contribution in [2.75, 3.05) is 19.7 Å². The van der Waals surface area contributed by atoms with Crippen molar-refractivity contribution in [2.24, 2.45) is 0 Å². The molecule has 1 aliphatic rings. The molecule has 3 rings (SSSR count). The number of para-hydroxylation sites is 2. The first-order chi connectivity index (χ1) is 11.5. The van der Waals surface area contributed by atoms with E-state index in [0.717, 1.165) is 12.1 Å². The topological polar surface area (TPSA) is 55.8 Å². The van der Waals surface area contributed by atoms with Crippen LogP contribution < -0.4 is 9.47 Å². The smallest absolute Gasteiger partial charge is 0.243 e. The van der Waals surface area contributed by atoms with Crippen molar-refractivity contribution >= 4 is 10.0 Å². The number of likely N-dealkylation sites (N-methyl/N-ethyl adjacent to an activating group) is 1. The molecular weight excluding hydrogens is 333 g/mol. The van der Waals surface area contributed by atoms with Gasteiger partial charge in [-0.1, -0.05) is 19.1 Å². The van der Waals surface area contributed by atoms with Gasteiger partial charge in [-0.3, -0.25) is 0 Å². The number of nitrogens with zero attached hydrogens (tertiary/aromatic N) is 1. The number of hydrogen-bond donors (Lipinski definition) is 0. The van der Waals surface area contributed by atoms with Crippen molar-refractivity contribution in [3.05, 3.63) is 54.3 Å². The molecule has 0 amide bonds. The zero-order chi connectivity index (χ0) is 17.2. The molecule has 1 aliphatic heterocycles. The second-order valence-electron chi connectivity index (χ2n) is 5.41. The molecule has 1 atom stereocenters. The van der Waals surface area contributed by atoms with Gasteiger partial charge in [-0.05, 0) is 36.4 Å². The number of fused-ring (bicyclic) bond motifs is 1. The molecule has 0 spiro atoms. The lowest BCUT2D eigenvalue weighted by atomic mass is 10.2. The lowest BCUT2D eigenvalue weighted by Crippen LogP contribution is -2.43. The van der Waals surface area contributed by atoms with E-state index in [1.54, 1.807) is 19.1 Å². The number of sulfonamides is 1. The molecule has 24 heavy (non-hydrogen) atoms. The van der Waals surface area contributed by atoms with Crippen molar-refractivity contribution in [3.63, 3.8) is 0 Å². The molecule has 0 bridgehead atoms. The Balaban J connectivity index is 1.76. The van der Waals surface area contributed by atoms with Gasteiger partial charge in [0.1, 0.15) is 18.5 Å². The Bertz CT molecular complexity index is 808. The molecule has 7 heteroatoms. The van der Waals surface area contributed by atoms with Crippen LogP contribution in [0.2, 0.25) is 0 Å². The number of halogens is 1. The summed E-state index contributed by atoms with van der Waals surface area (Å²) < 4.78 is 51.2. The molecule has 0 aliphatic carbocycles. The van der Waals surface area contributed by atoms with E-state index in [9.17, 15) is 12.8 Å². The minimum atomic E-state index is -3.71. The van der Waals surface area contributed by atoms with Crippen molar-refractivity contribution < 1.29 is 22.3 Å². The molecular formula is C17H18FNO4S. The second-order valence-corrected chi connectivity index (χ2v) is 7.35. The monoisotopic (exact) mass is 351 g/mol. The molecule has 0 saturated carbocycles. The van der Waals surface area contributed by atoms with Crippen LogP contribution in [0.15, 0.2) is 53.4 Å². The number of benzene rings is 2. The number of rotatable bonds is 5. The summed E-state index contributed by atoms with van der Waals surface area (Å²) in [5.74, 6) is 0.778. The van der Waals surface area contributed by atoms with E-state index >= 15 is 0 Å². The fourth-order valence-electron chi connectivity index (χ4n) is 2.53. The fraction of sp³-hybridized carbons (Fsp3) is 0.294. The van der Waals surface area contributed by atoms with Crippen LogP contribution in [0.3, 0.4) is 0 Å². The quantitative estimate of drug-likeness (QED) is 0.831. The number of hydrogen-bond acceptors (Lipinski definition) is 4. The molecule has 2 aromatic carbocycles. The van der Waals surface area contributed by atoms with Gasteiger partial charge in [0, 0.05) is 6.54 Å². The fourth-order valence-corrected chi connectivity index (χ4v) is 4.01. The highest BCUT2D eigenvalue weighted by atomic mass is 32.2. The molecule has 0 N–H and O–H groups in total. The molecule has 0 saturated heterocycles. The Morgan fingerprint density at radius 3 is 2.46 bits per heavy atom. The summed E-state index contributed by atoms with van der Waals surface area (Å²) >= 11 is 0. The average molecular weight is 351 g/mol. The molecule has 1 heterocycles. The van der Waals surface area contributed by atoms with Gasteiger partial charge in [-0.15, -0.1) is 0 Å². The molecule has 5 nitrogen and oxygen atoms in total. The maximum Gasteiger partial charge on any atom is 0.243 e. The van der Waals surface area contributed by atoms with E-state index in [0.29, 0.717) is 11.5 Å². The molecule has 0 fully saturated rings. The minimum absolute atomic E-state index is 0.0582. The van der Waals surface area contributed by atoms with Crippen LogP contribution in [0, 0.1) is 5.82 Å². The highest BCUT2D eigenvalue weighted by Gasteiger charge is 2.29. The van der Waals surface area contributed by atoms with E-state index in [1.807, 2.05) is 12.1 Å². The van der Waals surface area contributed by atoms with Gasteiger partial charge in [-0.25, -0.2) is 12.8 Å². The first-order valence-corrected chi connectivity index (χ1v) is 9.09. The van der Waals surface area contributed by atoms with Gasteiger partial charge in [0.05, 0.1) is 11.4 Å². The SMILES string of the molecule is CCN(CC1COc2ccccc2O1)S(=O)(=O)c1ccc(F)cc1. The van der Waals surface area contributed by atoms with E-state index in [-0.39, 0.29) is 24.6 Å². The first kappa shape index (κ1) is 16.7. The molecule has 0 aromatic heterocycles. The number of ether oxygens (including phenoxy) is 2. The summed E-state index contributed by atoms with van der Waals surface area (Å²) in [4.78, 5) is 0.0582. The van der Waals surface area contributed by atoms with Gasteiger partial charge < -0.3 is 9.47 Å². The van der Waals surface area contributed by atoms with E-state index in [4.69, 9.17) is 9.47 Å².